The van der Waals surface area contributed by atoms with Crippen LogP contribution >= 0.6 is 15.9 Å². The Labute approximate surface area is 181 Å². The normalized spacial score (nSPS) is 13.2. The molecule has 0 aliphatic rings. The average molecular weight is 452 g/mol. The molecule has 0 radical (unpaired) electrons. The Hall–Kier alpha value is -2.43. The molecule has 0 aliphatic heterocycles. The summed E-state index contributed by atoms with van der Waals surface area (Å²) in [7, 11) is 0. The second kappa shape index (κ2) is 9.86. The maximum atomic E-state index is 11.8. The van der Waals surface area contributed by atoms with Crippen molar-refractivity contribution in [3.63, 3.8) is 0 Å². The average Bonchev–Trinajstić information content (AvgIpc) is 2.70. The van der Waals surface area contributed by atoms with Crippen molar-refractivity contribution >= 4 is 21.9 Å². The van der Waals surface area contributed by atoms with Crippen molar-refractivity contribution < 1.29 is 9.90 Å². The number of carboxylic acid groups (broad SMARTS) is 1. The zero-order valence-electron chi connectivity index (χ0n) is 16.8. The third kappa shape index (κ3) is 5.78. The first kappa shape index (κ1) is 21.3. The molecular weight excluding hydrogens is 426 g/mol. The van der Waals surface area contributed by atoms with Crippen LogP contribution in [0.2, 0.25) is 0 Å². The quantitative estimate of drug-likeness (QED) is 0.422. The van der Waals surface area contributed by atoms with E-state index in [4.69, 9.17) is 0 Å². The first-order chi connectivity index (χ1) is 13.9. The van der Waals surface area contributed by atoms with E-state index in [1.54, 1.807) is 0 Å². The standard InChI is InChI=1S/C25H26BrNO2/c1-18-13-22(15-23(26)14-18)24(16-25(28)29)27(17-20-9-5-3-6-10-20)19(2)21-11-7-4-8-12-21/h3-15,19,24H,16-17H2,1-2H3,(H,28,29). The number of hydrogen-bond acceptors (Lipinski definition) is 2. The molecule has 0 spiro atoms. The largest absolute Gasteiger partial charge is 0.481 e. The fourth-order valence-corrected chi connectivity index (χ4v) is 4.41. The predicted octanol–water partition coefficient (Wildman–Crippen LogP) is 6.54. The van der Waals surface area contributed by atoms with Gasteiger partial charge in [0.15, 0.2) is 0 Å². The first-order valence-electron chi connectivity index (χ1n) is 9.77. The van der Waals surface area contributed by atoms with Crippen molar-refractivity contribution in [2.45, 2.75) is 38.9 Å². The van der Waals surface area contributed by atoms with Gasteiger partial charge in [0.2, 0.25) is 0 Å². The highest BCUT2D eigenvalue weighted by atomic mass is 79.9. The van der Waals surface area contributed by atoms with Crippen molar-refractivity contribution in [2.75, 3.05) is 0 Å². The van der Waals surface area contributed by atoms with Gasteiger partial charge in [0.25, 0.3) is 0 Å². The van der Waals surface area contributed by atoms with Crippen LogP contribution in [-0.4, -0.2) is 16.0 Å². The topological polar surface area (TPSA) is 40.5 Å². The SMILES string of the molecule is Cc1cc(Br)cc(C(CC(=O)O)N(Cc2ccccc2)C(C)c2ccccc2)c1. The fourth-order valence-electron chi connectivity index (χ4n) is 3.78. The molecule has 150 valence electrons. The Morgan fingerprint density at radius 3 is 2.17 bits per heavy atom. The van der Waals surface area contributed by atoms with Gasteiger partial charge in [-0.05, 0) is 48.2 Å². The molecule has 4 heteroatoms. The van der Waals surface area contributed by atoms with E-state index in [-0.39, 0.29) is 18.5 Å². The maximum absolute atomic E-state index is 11.8. The number of halogens is 1. The van der Waals surface area contributed by atoms with E-state index in [1.807, 2.05) is 55.5 Å². The Kier molecular flexibility index (Phi) is 7.24. The molecule has 0 aliphatic carbocycles. The molecule has 0 fully saturated rings. The highest BCUT2D eigenvalue weighted by Gasteiger charge is 2.28. The maximum Gasteiger partial charge on any atom is 0.305 e. The number of carboxylic acids is 1. The molecule has 2 unspecified atom stereocenters. The lowest BCUT2D eigenvalue weighted by atomic mass is 9.95. The van der Waals surface area contributed by atoms with Gasteiger partial charge in [0.05, 0.1) is 6.42 Å². The summed E-state index contributed by atoms with van der Waals surface area (Å²) in [5.74, 6) is -0.800. The number of carbonyl (C=O) groups is 1. The fraction of sp³-hybridized carbons (Fsp3) is 0.240. The molecule has 3 nitrogen and oxygen atoms in total. The van der Waals surface area contributed by atoms with Gasteiger partial charge in [0, 0.05) is 23.1 Å². The van der Waals surface area contributed by atoms with Crippen LogP contribution in [0.5, 0.6) is 0 Å². The molecule has 0 heterocycles. The van der Waals surface area contributed by atoms with Gasteiger partial charge in [-0.25, -0.2) is 0 Å². The van der Waals surface area contributed by atoms with Crippen molar-refractivity contribution in [3.05, 3.63) is 106 Å². The van der Waals surface area contributed by atoms with Gasteiger partial charge in [-0.1, -0.05) is 82.7 Å². The minimum Gasteiger partial charge on any atom is -0.481 e. The van der Waals surface area contributed by atoms with E-state index >= 15 is 0 Å². The lowest BCUT2D eigenvalue weighted by molar-refractivity contribution is -0.138. The second-order valence-electron chi connectivity index (χ2n) is 7.42. The molecule has 3 aromatic rings. The van der Waals surface area contributed by atoms with Crippen LogP contribution < -0.4 is 0 Å². The highest BCUT2D eigenvalue weighted by molar-refractivity contribution is 9.10. The number of hydrogen-bond donors (Lipinski definition) is 1. The smallest absolute Gasteiger partial charge is 0.305 e. The number of nitrogens with zero attached hydrogens (tertiary/aromatic N) is 1. The summed E-state index contributed by atoms with van der Waals surface area (Å²) >= 11 is 3.58. The van der Waals surface area contributed by atoms with E-state index in [0.29, 0.717) is 6.54 Å². The zero-order chi connectivity index (χ0) is 20.8. The van der Waals surface area contributed by atoms with E-state index in [2.05, 4.69) is 58.1 Å². The van der Waals surface area contributed by atoms with Crippen molar-refractivity contribution in [2.24, 2.45) is 0 Å². The summed E-state index contributed by atoms with van der Waals surface area (Å²) in [5, 5.41) is 9.71. The van der Waals surface area contributed by atoms with Crippen LogP contribution in [0, 0.1) is 6.92 Å². The van der Waals surface area contributed by atoms with Gasteiger partial charge in [-0.3, -0.25) is 9.69 Å². The molecule has 1 N–H and O–H groups in total. The summed E-state index contributed by atoms with van der Waals surface area (Å²) < 4.78 is 0.968. The molecule has 29 heavy (non-hydrogen) atoms. The van der Waals surface area contributed by atoms with Crippen molar-refractivity contribution in [3.8, 4) is 0 Å². The van der Waals surface area contributed by atoms with Gasteiger partial charge < -0.3 is 5.11 Å². The molecule has 0 amide bonds. The summed E-state index contributed by atoms with van der Waals surface area (Å²) in [6.45, 7) is 4.85. The molecule has 0 saturated heterocycles. The molecule has 0 saturated carbocycles. The first-order valence-corrected chi connectivity index (χ1v) is 10.6. The Bertz CT molecular complexity index is 923. The monoisotopic (exact) mass is 451 g/mol. The molecular formula is C25H26BrNO2. The predicted molar refractivity (Wildman–Crippen MR) is 121 cm³/mol. The second-order valence-corrected chi connectivity index (χ2v) is 8.34. The van der Waals surface area contributed by atoms with E-state index in [9.17, 15) is 9.90 Å². The van der Waals surface area contributed by atoms with Crippen LogP contribution in [0.3, 0.4) is 0 Å². The van der Waals surface area contributed by atoms with Crippen LogP contribution in [0.25, 0.3) is 0 Å². The summed E-state index contributed by atoms with van der Waals surface area (Å²) in [5.41, 5.74) is 4.46. The van der Waals surface area contributed by atoms with E-state index in [0.717, 1.165) is 21.2 Å². The number of aliphatic carboxylic acids is 1. The zero-order valence-corrected chi connectivity index (χ0v) is 18.3. The van der Waals surface area contributed by atoms with Crippen molar-refractivity contribution in [1.29, 1.82) is 0 Å². The van der Waals surface area contributed by atoms with Crippen LogP contribution in [0.1, 0.15) is 47.7 Å². The Morgan fingerprint density at radius 1 is 0.966 bits per heavy atom. The molecule has 0 bridgehead atoms. The third-order valence-electron chi connectivity index (χ3n) is 5.20. The highest BCUT2D eigenvalue weighted by Crippen LogP contribution is 2.36. The number of rotatable bonds is 8. The summed E-state index contributed by atoms with van der Waals surface area (Å²) in [4.78, 5) is 14.1. The van der Waals surface area contributed by atoms with E-state index in [1.165, 1.54) is 5.56 Å². The lowest BCUT2D eigenvalue weighted by Gasteiger charge is -2.37. The Morgan fingerprint density at radius 2 is 1.59 bits per heavy atom. The van der Waals surface area contributed by atoms with Gasteiger partial charge in [-0.2, -0.15) is 0 Å². The van der Waals surface area contributed by atoms with Crippen LogP contribution in [0.15, 0.2) is 83.3 Å². The van der Waals surface area contributed by atoms with Gasteiger partial charge >= 0.3 is 5.97 Å². The summed E-state index contributed by atoms with van der Waals surface area (Å²) in [6.07, 6.45) is 0.0416. The lowest BCUT2D eigenvalue weighted by Crippen LogP contribution is -2.32. The Balaban J connectivity index is 2.07. The minimum absolute atomic E-state index is 0.0416. The minimum atomic E-state index is -0.800. The third-order valence-corrected chi connectivity index (χ3v) is 5.66. The number of aryl methyl sites for hydroxylation is 1. The molecule has 0 aromatic heterocycles. The van der Waals surface area contributed by atoms with Crippen LogP contribution in [-0.2, 0) is 11.3 Å². The van der Waals surface area contributed by atoms with Gasteiger partial charge in [0.1, 0.15) is 0 Å². The van der Waals surface area contributed by atoms with Gasteiger partial charge in [-0.15, -0.1) is 0 Å². The summed E-state index contributed by atoms with van der Waals surface area (Å²) in [6, 6.07) is 26.5. The number of benzene rings is 3. The van der Waals surface area contributed by atoms with Crippen molar-refractivity contribution in [1.82, 2.24) is 4.90 Å². The molecule has 3 rings (SSSR count). The molecule has 3 aromatic carbocycles. The van der Waals surface area contributed by atoms with Crippen LogP contribution in [0.4, 0.5) is 0 Å². The van der Waals surface area contributed by atoms with E-state index < -0.39 is 5.97 Å². The molecule has 2 atom stereocenters.